The second-order valence-electron chi connectivity index (χ2n) is 7.49. The van der Waals surface area contributed by atoms with Gasteiger partial charge in [0.15, 0.2) is 5.76 Å². The second-order valence-corrected chi connectivity index (χ2v) is 10.3. The van der Waals surface area contributed by atoms with Crippen LogP contribution in [0.5, 0.6) is 0 Å². The van der Waals surface area contributed by atoms with E-state index in [0.717, 1.165) is 15.6 Å². The third-order valence-electron chi connectivity index (χ3n) is 5.28. The first-order valence-electron chi connectivity index (χ1n) is 9.61. The van der Waals surface area contributed by atoms with Gasteiger partial charge in [0.05, 0.1) is 4.90 Å². The van der Waals surface area contributed by atoms with Gasteiger partial charge in [-0.1, -0.05) is 63.5 Å². The SMILES string of the molecule is Cc1ccc([C@H]2C(S(=O)(=O)c3ccc(C)cc3)=C(O)C(=O)N2c2ccc(Br)cc2)cc1. The summed E-state index contributed by atoms with van der Waals surface area (Å²) in [6.45, 7) is 3.78. The van der Waals surface area contributed by atoms with Crippen LogP contribution in [0.1, 0.15) is 22.7 Å². The molecule has 0 radical (unpaired) electrons. The molecule has 0 aliphatic carbocycles. The van der Waals surface area contributed by atoms with Crippen LogP contribution in [0.15, 0.2) is 92.8 Å². The van der Waals surface area contributed by atoms with E-state index in [2.05, 4.69) is 15.9 Å². The van der Waals surface area contributed by atoms with Crippen molar-refractivity contribution >= 4 is 37.4 Å². The minimum atomic E-state index is -4.14. The number of sulfone groups is 1. The van der Waals surface area contributed by atoms with E-state index in [1.807, 2.05) is 26.0 Å². The van der Waals surface area contributed by atoms with E-state index in [1.54, 1.807) is 48.5 Å². The standard InChI is InChI=1S/C24H20BrNO4S/c1-15-3-7-17(8-4-15)21-23(31(29,30)20-13-5-16(2)6-14-20)22(27)24(28)26(21)19-11-9-18(25)10-12-19/h3-14,21,27H,1-2H3/t21-/m0/s1. The molecule has 0 unspecified atom stereocenters. The molecule has 0 saturated heterocycles. The molecule has 0 spiro atoms. The Morgan fingerprint density at radius 2 is 1.35 bits per heavy atom. The number of halogens is 1. The Morgan fingerprint density at radius 3 is 1.90 bits per heavy atom. The van der Waals surface area contributed by atoms with Crippen molar-refractivity contribution in [2.24, 2.45) is 0 Å². The van der Waals surface area contributed by atoms with E-state index in [-0.39, 0.29) is 9.80 Å². The molecule has 158 valence electrons. The highest BCUT2D eigenvalue weighted by molar-refractivity contribution is 9.10. The Labute approximate surface area is 189 Å². The summed E-state index contributed by atoms with van der Waals surface area (Å²) in [6.07, 6.45) is 0. The highest BCUT2D eigenvalue weighted by atomic mass is 79.9. The van der Waals surface area contributed by atoms with Gasteiger partial charge in [-0.15, -0.1) is 0 Å². The summed E-state index contributed by atoms with van der Waals surface area (Å²) in [5.74, 6) is -1.51. The maximum absolute atomic E-state index is 13.6. The molecule has 5 nitrogen and oxygen atoms in total. The number of aliphatic hydroxyl groups excluding tert-OH is 1. The number of hydrogen-bond donors (Lipinski definition) is 1. The van der Waals surface area contributed by atoms with Gasteiger partial charge in [0.2, 0.25) is 9.84 Å². The van der Waals surface area contributed by atoms with E-state index in [1.165, 1.54) is 17.0 Å². The molecule has 0 saturated carbocycles. The second kappa shape index (κ2) is 7.98. The van der Waals surface area contributed by atoms with Gasteiger partial charge in [-0.05, 0) is 55.8 Å². The van der Waals surface area contributed by atoms with Gasteiger partial charge in [0.1, 0.15) is 10.9 Å². The van der Waals surface area contributed by atoms with E-state index < -0.39 is 27.5 Å². The molecule has 31 heavy (non-hydrogen) atoms. The number of aliphatic hydroxyl groups is 1. The summed E-state index contributed by atoms with van der Waals surface area (Å²) in [4.78, 5) is 14.2. The Kier molecular flexibility index (Phi) is 5.49. The van der Waals surface area contributed by atoms with Crippen LogP contribution in [0.4, 0.5) is 5.69 Å². The predicted molar refractivity (Wildman–Crippen MR) is 124 cm³/mol. The lowest BCUT2D eigenvalue weighted by molar-refractivity contribution is -0.117. The van der Waals surface area contributed by atoms with Gasteiger partial charge >= 0.3 is 0 Å². The molecule has 1 atom stereocenters. The highest BCUT2D eigenvalue weighted by Gasteiger charge is 2.47. The Morgan fingerprint density at radius 1 is 0.839 bits per heavy atom. The van der Waals surface area contributed by atoms with E-state index in [4.69, 9.17) is 0 Å². The molecule has 3 aromatic carbocycles. The molecule has 0 fully saturated rings. The Hall–Kier alpha value is -2.90. The first kappa shape index (κ1) is 21.3. The van der Waals surface area contributed by atoms with Crippen LogP contribution < -0.4 is 4.90 Å². The van der Waals surface area contributed by atoms with Gasteiger partial charge in [0.25, 0.3) is 5.91 Å². The first-order chi connectivity index (χ1) is 14.7. The smallest absolute Gasteiger partial charge is 0.295 e. The number of amides is 1. The number of anilines is 1. The Balaban J connectivity index is 1.93. The lowest BCUT2D eigenvalue weighted by Crippen LogP contribution is -2.31. The van der Waals surface area contributed by atoms with Crippen LogP contribution >= 0.6 is 15.9 Å². The van der Waals surface area contributed by atoms with Crippen LogP contribution in [0.25, 0.3) is 0 Å². The van der Waals surface area contributed by atoms with Crippen molar-refractivity contribution in [3.8, 4) is 0 Å². The third-order valence-corrected chi connectivity index (χ3v) is 7.70. The number of carbonyl (C=O) groups is 1. The zero-order valence-corrected chi connectivity index (χ0v) is 19.3. The zero-order valence-electron chi connectivity index (χ0n) is 16.9. The molecular weight excluding hydrogens is 478 g/mol. The maximum atomic E-state index is 13.6. The van der Waals surface area contributed by atoms with Gasteiger partial charge in [-0.3, -0.25) is 9.69 Å². The summed E-state index contributed by atoms with van der Waals surface area (Å²) >= 11 is 3.37. The van der Waals surface area contributed by atoms with E-state index >= 15 is 0 Å². The lowest BCUT2D eigenvalue weighted by atomic mass is 10.0. The van der Waals surface area contributed by atoms with E-state index in [9.17, 15) is 18.3 Å². The van der Waals surface area contributed by atoms with Crippen molar-refractivity contribution in [2.75, 3.05) is 4.90 Å². The van der Waals surface area contributed by atoms with Crippen LogP contribution in [0.2, 0.25) is 0 Å². The van der Waals surface area contributed by atoms with E-state index in [0.29, 0.717) is 11.3 Å². The molecule has 1 N–H and O–H groups in total. The van der Waals surface area contributed by atoms with Crippen molar-refractivity contribution in [1.29, 1.82) is 0 Å². The highest BCUT2D eigenvalue weighted by Crippen LogP contribution is 2.45. The average Bonchev–Trinajstić information content (AvgIpc) is 3.01. The predicted octanol–water partition coefficient (Wildman–Crippen LogP) is 5.40. The number of carbonyl (C=O) groups excluding carboxylic acids is 1. The fourth-order valence-electron chi connectivity index (χ4n) is 3.62. The topological polar surface area (TPSA) is 74.7 Å². The van der Waals surface area contributed by atoms with Crippen molar-refractivity contribution in [1.82, 2.24) is 0 Å². The molecule has 7 heteroatoms. The van der Waals surface area contributed by atoms with Gasteiger partial charge in [-0.25, -0.2) is 8.42 Å². The van der Waals surface area contributed by atoms with Gasteiger partial charge in [-0.2, -0.15) is 0 Å². The third kappa shape index (κ3) is 3.79. The molecule has 0 bridgehead atoms. The van der Waals surface area contributed by atoms with Crippen molar-refractivity contribution in [3.05, 3.63) is 105 Å². The monoisotopic (exact) mass is 497 g/mol. The molecule has 1 amide bonds. The fraction of sp³-hybridized carbons (Fsp3) is 0.125. The van der Waals surface area contributed by atoms with Crippen molar-refractivity contribution < 1.29 is 18.3 Å². The number of nitrogens with zero attached hydrogens (tertiary/aromatic N) is 1. The van der Waals surface area contributed by atoms with Crippen LogP contribution in [-0.2, 0) is 14.6 Å². The number of aryl methyl sites for hydroxylation is 2. The van der Waals surface area contributed by atoms with Crippen LogP contribution in [0, 0.1) is 13.8 Å². The average molecular weight is 498 g/mol. The lowest BCUT2D eigenvalue weighted by Gasteiger charge is -2.27. The largest absolute Gasteiger partial charge is 0.502 e. The number of hydrogen-bond acceptors (Lipinski definition) is 4. The molecule has 4 rings (SSSR count). The molecule has 1 heterocycles. The maximum Gasteiger partial charge on any atom is 0.295 e. The molecule has 0 aromatic heterocycles. The van der Waals surface area contributed by atoms with Crippen LogP contribution in [0.3, 0.4) is 0 Å². The van der Waals surface area contributed by atoms with Crippen molar-refractivity contribution in [3.63, 3.8) is 0 Å². The summed E-state index contributed by atoms with van der Waals surface area (Å²) < 4.78 is 28.0. The van der Waals surface area contributed by atoms with Crippen molar-refractivity contribution in [2.45, 2.75) is 24.8 Å². The minimum absolute atomic E-state index is 0.0298. The first-order valence-corrected chi connectivity index (χ1v) is 11.9. The minimum Gasteiger partial charge on any atom is -0.502 e. The van der Waals surface area contributed by atoms with Gasteiger partial charge < -0.3 is 5.11 Å². The molecule has 3 aromatic rings. The van der Waals surface area contributed by atoms with Gasteiger partial charge in [0, 0.05) is 10.2 Å². The number of benzene rings is 3. The van der Waals surface area contributed by atoms with Crippen LogP contribution in [-0.4, -0.2) is 19.4 Å². The Bertz CT molecular complexity index is 1280. The molecule has 1 aliphatic heterocycles. The molecule has 1 aliphatic rings. The summed E-state index contributed by atoms with van der Waals surface area (Å²) in [5.41, 5.74) is 2.99. The summed E-state index contributed by atoms with van der Waals surface area (Å²) in [7, 11) is -4.14. The normalized spacial score (nSPS) is 16.8. The fourth-order valence-corrected chi connectivity index (χ4v) is 5.51. The summed E-state index contributed by atoms with van der Waals surface area (Å²) in [5, 5.41) is 10.8. The zero-order chi connectivity index (χ0) is 22.3. The quantitative estimate of drug-likeness (QED) is 0.523. The number of rotatable bonds is 4. The molecular formula is C24H20BrNO4S. The summed E-state index contributed by atoms with van der Waals surface area (Å²) in [6, 6.07) is 19.6.